The fourth-order valence-corrected chi connectivity index (χ4v) is 4.10. The van der Waals surface area contributed by atoms with Crippen LogP contribution in [0.2, 0.25) is 0 Å². The number of imidazole rings is 1. The molecule has 8 heteroatoms. The lowest BCUT2D eigenvalue weighted by Gasteiger charge is -2.35. The van der Waals surface area contributed by atoms with Gasteiger partial charge in [0.05, 0.1) is 18.1 Å². The summed E-state index contributed by atoms with van der Waals surface area (Å²) in [5, 5.41) is 14.5. The summed E-state index contributed by atoms with van der Waals surface area (Å²) in [6, 6.07) is 21.8. The number of carbonyl (C=O) groups excluding carboxylic acids is 2. The van der Waals surface area contributed by atoms with Crippen molar-refractivity contribution in [3.8, 4) is 0 Å². The maximum Gasteiger partial charge on any atom is 0.413 e. The standard InChI is InChI=1S/C24H20N4O4/c1-32-23(30)27-22-25-19-12-11-16(13-20(19)26-22)24(31)18-10-6-5-9-17(18)21(29)28(24)14-15-7-3-2-4-8-15/h2-13,31H,14H2,1H3,(H2,25,26,27,30). The van der Waals surface area contributed by atoms with Crippen LogP contribution in [0.1, 0.15) is 27.0 Å². The van der Waals surface area contributed by atoms with Gasteiger partial charge in [0, 0.05) is 23.2 Å². The number of carbonyl (C=O) groups is 2. The molecule has 0 fully saturated rings. The van der Waals surface area contributed by atoms with E-state index in [1.807, 2.05) is 30.3 Å². The summed E-state index contributed by atoms with van der Waals surface area (Å²) >= 11 is 0. The number of aromatic nitrogens is 2. The topological polar surface area (TPSA) is 108 Å². The molecule has 2 heterocycles. The van der Waals surface area contributed by atoms with Crippen molar-refractivity contribution in [2.45, 2.75) is 12.3 Å². The Morgan fingerprint density at radius 2 is 1.88 bits per heavy atom. The molecule has 4 aromatic rings. The summed E-state index contributed by atoms with van der Waals surface area (Å²) in [5.74, 6) is -0.0258. The fourth-order valence-electron chi connectivity index (χ4n) is 4.10. The molecule has 8 nitrogen and oxygen atoms in total. The molecule has 1 aliphatic heterocycles. The maximum atomic E-state index is 13.3. The van der Waals surface area contributed by atoms with Crippen LogP contribution in [-0.2, 0) is 17.0 Å². The third-order valence-corrected chi connectivity index (χ3v) is 5.64. The Morgan fingerprint density at radius 1 is 1.12 bits per heavy atom. The van der Waals surface area contributed by atoms with Crippen molar-refractivity contribution < 1.29 is 19.4 Å². The molecule has 160 valence electrons. The number of amides is 2. The van der Waals surface area contributed by atoms with Crippen LogP contribution >= 0.6 is 0 Å². The molecule has 1 atom stereocenters. The van der Waals surface area contributed by atoms with Crippen molar-refractivity contribution in [2.24, 2.45) is 0 Å². The van der Waals surface area contributed by atoms with Crippen LogP contribution in [0.25, 0.3) is 11.0 Å². The molecule has 2 amide bonds. The summed E-state index contributed by atoms with van der Waals surface area (Å²) in [5.41, 5.74) is 1.89. The first-order chi connectivity index (χ1) is 15.5. The number of hydrogen-bond donors (Lipinski definition) is 3. The lowest BCUT2D eigenvalue weighted by molar-refractivity contribution is -0.0542. The van der Waals surface area contributed by atoms with E-state index in [1.165, 1.54) is 12.0 Å². The monoisotopic (exact) mass is 428 g/mol. The van der Waals surface area contributed by atoms with Crippen molar-refractivity contribution in [3.63, 3.8) is 0 Å². The zero-order valence-electron chi connectivity index (χ0n) is 17.2. The number of fused-ring (bicyclic) bond motifs is 2. The van der Waals surface area contributed by atoms with Gasteiger partial charge < -0.3 is 14.8 Å². The number of hydrogen-bond acceptors (Lipinski definition) is 5. The molecule has 0 spiro atoms. The summed E-state index contributed by atoms with van der Waals surface area (Å²) < 4.78 is 4.60. The van der Waals surface area contributed by atoms with E-state index in [2.05, 4.69) is 20.0 Å². The number of nitrogens with one attached hydrogen (secondary N) is 2. The van der Waals surface area contributed by atoms with Gasteiger partial charge in [0.2, 0.25) is 5.95 Å². The zero-order valence-corrected chi connectivity index (χ0v) is 17.2. The lowest BCUT2D eigenvalue weighted by atomic mass is 9.93. The minimum atomic E-state index is -1.67. The Hall–Kier alpha value is -4.17. The highest BCUT2D eigenvalue weighted by atomic mass is 16.5. The Kier molecular flexibility index (Phi) is 4.64. The van der Waals surface area contributed by atoms with Gasteiger partial charge in [-0.15, -0.1) is 0 Å². The smallest absolute Gasteiger partial charge is 0.413 e. The van der Waals surface area contributed by atoms with E-state index < -0.39 is 11.8 Å². The van der Waals surface area contributed by atoms with Crippen LogP contribution in [0.5, 0.6) is 0 Å². The summed E-state index contributed by atoms with van der Waals surface area (Å²) in [4.78, 5) is 33.6. The molecule has 1 aliphatic rings. The Balaban J connectivity index is 1.61. The van der Waals surface area contributed by atoms with E-state index in [0.717, 1.165) is 5.56 Å². The van der Waals surface area contributed by atoms with Crippen LogP contribution in [0.15, 0.2) is 72.8 Å². The van der Waals surface area contributed by atoms with Crippen molar-refractivity contribution in [3.05, 3.63) is 95.1 Å². The third kappa shape index (κ3) is 3.09. The Bertz CT molecular complexity index is 1330. The first-order valence-electron chi connectivity index (χ1n) is 10.0. The van der Waals surface area contributed by atoms with Gasteiger partial charge in [-0.1, -0.05) is 54.6 Å². The molecule has 3 aromatic carbocycles. The highest BCUT2D eigenvalue weighted by Gasteiger charge is 2.49. The number of aliphatic hydroxyl groups is 1. The summed E-state index contributed by atoms with van der Waals surface area (Å²) in [6.45, 7) is 0.235. The minimum Gasteiger partial charge on any atom is -0.453 e. The molecule has 0 bridgehead atoms. The van der Waals surface area contributed by atoms with E-state index >= 15 is 0 Å². The van der Waals surface area contributed by atoms with Gasteiger partial charge in [-0.3, -0.25) is 15.0 Å². The SMILES string of the molecule is COC(=O)Nc1nc2cc(C3(O)c4ccccc4C(=O)N3Cc3ccccc3)ccc2[nH]1. The van der Waals surface area contributed by atoms with Gasteiger partial charge in [0.15, 0.2) is 5.72 Å². The number of benzene rings is 3. The van der Waals surface area contributed by atoms with Crippen molar-refractivity contribution in [1.82, 2.24) is 14.9 Å². The Labute approximate surface area is 183 Å². The van der Waals surface area contributed by atoms with Crippen LogP contribution in [0.3, 0.4) is 0 Å². The molecule has 0 radical (unpaired) electrons. The minimum absolute atomic E-state index is 0.222. The molecule has 1 aromatic heterocycles. The number of rotatable bonds is 4. The highest BCUT2D eigenvalue weighted by Crippen LogP contribution is 2.43. The highest BCUT2D eigenvalue weighted by molar-refractivity contribution is 6.00. The van der Waals surface area contributed by atoms with Gasteiger partial charge in [-0.2, -0.15) is 0 Å². The second-order valence-electron chi connectivity index (χ2n) is 7.53. The quantitative estimate of drug-likeness (QED) is 0.460. The number of methoxy groups -OCH3 is 1. The number of ether oxygens (including phenoxy) is 1. The molecule has 5 rings (SSSR count). The van der Waals surface area contributed by atoms with Gasteiger partial charge >= 0.3 is 6.09 Å². The van der Waals surface area contributed by atoms with Crippen LogP contribution in [0, 0.1) is 0 Å². The first kappa shape index (κ1) is 19.8. The van der Waals surface area contributed by atoms with Gasteiger partial charge in [0.1, 0.15) is 0 Å². The predicted octanol–water partition coefficient (Wildman–Crippen LogP) is 3.59. The fraction of sp³-hybridized carbons (Fsp3) is 0.125. The maximum absolute atomic E-state index is 13.3. The molecule has 0 saturated heterocycles. The molecule has 32 heavy (non-hydrogen) atoms. The molecular weight excluding hydrogens is 408 g/mol. The molecule has 1 unspecified atom stereocenters. The van der Waals surface area contributed by atoms with Crippen LogP contribution < -0.4 is 5.32 Å². The number of nitrogens with zero attached hydrogens (tertiary/aromatic N) is 2. The average Bonchev–Trinajstić information content (AvgIpc) is 3.32. The molecular formula is C24H20N4O4. The Morgan fingerprint density at radius 3 is 2.66 bits per heavy atom. The third-order valence-electron chi connectivity index (χ3n) is 5.64. The summed E-state index contributed by atoms with van der Waals surface area (Å²) in [7, 11) is 1.27. The normalized spacial score (nSPS) is 17.4. The van der Waals surface area contributed by atoms with E-state index in [9.17, 15) is 14.7 Å². The molecule has 0 saturated carbocycles. The van der Waals surface area contributed by atoms with Crippen LogP contribution in [0.4, 0.5) is 10.7 Å². The molecule has 3 N–H and O–H groups in total. The van der Waals surface area contributed by atoms with E-state index in [4.69, 9.17) is 0 Å². The van der Waals surface area contributed by atoms with Gasteiger partial charge in [-0.05, 0) is 23.8 Å². The largest absolute Gasteiger partial charge is 0.453 e. The second kappa shape index (κ2) is 7.51. The average molecular weight is 428 g/mol. The second-order valence-corrected chi connectivity index (χ2v) is 7.53. The zero-order chi connectivity index (χ0) is 22.3. The lowest BCUT2D eigenvalue weighted by Crippen LogP contribution is -2.44. The van der Waals surface area contributed by atoms with Crippen molar-refractivity contribution in [1.29, 1.82) is 0 Å². The number of aromatic amines is 1. The van der Waals surface area contributed by atoms with Gasteiger partial charge in [0.25, 0.3) is 5.91 Å². The summed E-state index contributed by atoms with van der Waals surface area (Å²) in [6.07, 6.45) is -0.646. The number of H-pyrrole nitrogens is 1. The van der Waals surface area contributed by atoms with Gasteiger partial charge in [-0.25, -0.2) is 9.78 Å². The van der Waals surface area contributed by atoms with Crippen molar-refractivity contribution >= 4 is 29.0 Å². The number of anilines is 1. The van der Waals surface area contributed by atoms with Crippen LogP contribution in [-0.4, -0.2) is 39.1 Å². The van der Waals surface area contributed by atoms with E-state index in [0.29, 0.717) is 27.7 Å². The van der Waals surface area contributed by atoms with E-state index in [-0.39, 0.29) is 18.4 Å². The first-order valence-corrected chi connectivity index (χ1v) is 10.0. The van der Waals surface area contributed by atoms with E-state index in [1.54, 1.807) is 42.5 Å². The predicted molar refractivity (Wildman–Crippen MR) is 118 cm³/mol. The van der Waals surface area contributed by atoms with Crippen molar-refractivity contribution in [2.75, 3.05) is 12.4 Å². The molecule has 0 aliphatic carbocycles.